The van der Waals surface area contributed by atoms with Crippen molar-refractivity contribution in [2.45, 2.75) is 51.2 Å². The summed E-state index contributed by atoms with van der Waals surface area (Å²) in [5.41, 5.74) is 3.89. The Kier molecular flexibility index (Phi) is 5.55. The smallest absolute Gasteiger partial charge is 0.185 e. The molecule has 0 saturated heterocycles. The third-order valence-corrected chi connectivity index (χ3v) is 6.83. The third-order valence-electron chi connectivity index (χ3n) is 6.53. The fourth-order valence-corrected chi connectivity index (χ4v) is 4.65. The molecule has 5 aromatic heterocycles. The minimum Gasteiger partial charge on any atom is -0.306 e. The molecule has 5 heterocycles. The van der Waals surface area contributed by atoms with Crippen LogP contribution < -0.4 is 0 Å². The van der Waals surface area contributed by atoms with Crippen molar-refractivity contribution >= 4 is 28.5 Å². The van der Waals surface area contributed by atoms with Gasteiger partial charge in [-0.05, 0) is 49.8 Å². The lowest BCUT2D eigenvalue weighted by atomic mass is 10.1. The summed E-state index contributed by atoms with van der Waals surface area (Å²) in [5, 5.41) is 8.06. The molecular weight excluding hydrogens is 488 g/mol. The number of rotatable bonds is 8. The monoisotopic (exact) mass is 509 g/mol. The van der Waals surface area contributed by atoms with Crippen LogP contribution in [-0.4, -0.2) is 39.5 Å². The highest BCUT2D eigenvalue weighted by Crippen LogP contribution is 2.41. The van der Waals surface area contributed by atoms with Crippen LogP contribution in [0.1, 0.15) is 71.3 Å². The molecule has 0 bridgehead atoms. The van der Waals surface area contributed by atoms with Crippen molar-refractivity contribution < 1.29 is 13.6 Å². The van der Waals surface area contributed by atoms with E-state index in [9.17, 15) is 13.6 Å². The molecule has 0 N–H and O–H groups in total. The van der Waals surface area contributed by atoms with E-state index < -0.39 is 12.0 Å². The molecule has 6 rings (SSSR count). The van der Waals surface area contributed by atoms with Crippen LogP contribution >= 0.6 is 11.6 Å². The fraction of sp³-hybridized carbons (Fsp3) is 0.320. The van der Waals surface area contributed by atoms with E-state index in [1.54, 1.807) is 12.4 Å². The number of carbonyl (C=O) groups excluding carboxylic acids is 1. The molecule has 0 radical (unpaired) electrons. The highest BCUT2D eigenvalue weighted by Gasteiger charge is 2.26. The topological polar surface area (TPSA) is 82.4 Å². The Bertz CT molecular complexity index is 1620. The van der Waals surface area contributed by atoms with E-state index in [-0.39, 0.29) is 41.4 Å². The van der Waals surface area contributed by atoms with Crippen LogP contribution in [0.4, 0.5) is 8.78 Å². The van der Waals surface area contributed by atoms with Gasteiger partial charge in [-0.2, -0.15) is 0 Å². The van der Waals surface area contributed by atoms with Gasteiger partial charge in [-0.1, -0.05) is 16.8 Å². The molecule has 0 aromatic carbocycles. The number of pyridine rings is 2. The second-order valence-corrected chi connectivity index (χ2v) is 9.64. The Labute approximate surface area is 209 Å². The van der Waals surface area contributed by atoms with Crippen molar-refractivity contribution in [3.05, 3.63) is 82.3 Å². The summed E-state index contributed by atoms with van der Waals surface area (Å²) >= 11 is 5.89. The number of fused-ring (bicyclic) bond motifs is 2. The normalized spacial score (nSPS) is 14.7. The second-order valence-electron chi connectivity index (χ2n) is 9.23. The molecule has 1 aliphatic carbocycles. The van der Waals surface area contributed by atoms with Gasteiger partial charge in [-0.25, -0.2) is 23.4 Å². The first kappa shape index (κ1) is 22.8. The predicted molar refractivity (Wildman–Crippen MR) is 129 cm³/mol. The van der Waals surface area contributed by atoms with Crippen LogP contribution in [0, 0.1) is 5.82 Å². The van der Waals surface area contributed by atoms with Crippen LogP contribution in [0.25, 0.3) is 11.2 Å². The minimum absolute atomic E-state index is 0.00215. The SMILES string of the molecule is CC(F)c1cc(C2CC2)cn2cc(Cn3cc(C(=O)CCc4ncn5ccc(Cl)c(F)c45)nn3)nc12. The molecule has 11 heteroatoms. The maximum atomic E-state index is 14.4. The van der Waals surface area contributed by atoms with Crippen molar-refractivity contribution in [3.63, 3.8) is 0 Å². The number of imidazole rings is 2. The minimum atomic E-state index is -1.13. The Morgan fingerprint density at radius 1 is 1.25 bits per heavy atom. The largest absolute Gasteiger partial charge is 0.306 e. The van der Waals surface area contributed by atoms with Crippen molar-refractivity contribution in [1.82, 2.24) is 33.8 Å². The van der Waals surface area contributed by atoms with Crippen LogP contribution in [0.2, 0.25) is 5.02 Å². The zero-order chi connectivity index (χ0) is 25.0. The molecule has 1 unspecified atom stereocenters. The molecule has 1 saturated carbocycles. The molecule has 1 aliphatic rings. The maximum absolute atomic E-state index is 14.4. The highest BCUT2D eigenvalue weighted by atomic mass is 35.5. The zero-order valence-electron chi connectivity index (χ0n) is 19.4. The lowest BCUT2D eigenvalue weighted by Gasteiger charge is -2.08. The standard InChI is InChI=1S/C25H22ClF2N7O/c1-14(27)18-8-16(15-2-3-15)9-34-10-17(30-25(18)34)11-35-12-21(31-32-35)22(36)5-4-20-24-23(28)19(26)6-7-33(24)13-29-20/h6-10,12-15H,2-5,11H2,1H3. The molecule has 1 atom stereocenters. The molecule has 1 fully saturated rings. The quantitative estimate of drug-likeness (QED) is 0.271. The summed E-state index contributed by atoms with van der Waals surface area (Å²) in [6, 6.07) is 3.37. The first-order chi connectivity index (χ1) is 17.4. The molecular formula is C25H22ClF2N7O. The van der Waals surface area contributed by atoms with E-state index >= 15 is 0 Å². The fourth-order valence-electron chi connectivity index (χ4n) is 4.50. The second kappa shape index (κ2) is 8.77. The van der Waals surface area contributed by atoms with Gasteiger partial charge >= 0.3 is 0 Å². The number of ketones is 1. The van der Waals surface area contributed by atoms with Gasteiger partial charge in [0.25, 0.3) is 0 Å². The molecule has 0 amide bonds. The van der Waals surface area contributed by atoms with Gasteiger partial charge in [0.2, 0.25) is 0 Å². The summed E-state index contributed by atoms with van der Waals surface area (Å²) in [6.45, 7) is 1.81. The van der Waals surface area contributed by atoms with E-state index in [0.29, 0.717) is 28.5 Å². The summed E-state index contributed by atoms with van der Waals surface area (Å²) in [4.78, 5) is 21.6. The molecule has 0 aliphatic heterocycles. The highest BCUT2D eigenvalue weighted by molar-refractivity contribution is 6.31. The number of hydrogen-bond donors (Lipinski definition) is 0. The summed E-state index contributed by atoms with van der Waals surface area (Å²) < 4.78 is 33.7. The number of carbonyl (C=O) groups is 1. The number of hydrogen-bond acceptors (Lipinski definition) is 5. The van der Waals surface area contributed by atoms with Gasteiger partial charge in [0.15, 0.2) is 11.6 Å². The van der Waals surface area contributed by atoms with Gasteiger partial charge in [0, 0.05) is 30.6 Å². The molecule has 36 heavy (non-hydrogen) atoms. The Morgan fingerprint density at radius 2 is 2.08 bits per heavy atom. The van der Waals surface area contributed by atoms with Gasteiger partial charge in [0.05, 0.1) is 35.5 Å². The van der Waals surface area contributed by atoms with Gasteiger partial charge < -0.3 is 8.80 Å². The summed E-state index contributed by atoms with van der Waals surface area (Å²) in [6.07, 6.45) is 9.99. The lowest BCUT2D eigenvalue weighted by Crippen LogP contribution is -2.03. The van der Waals surface area contributed by atoms with E-state index in [0.717, 1.165) is 18.4 Å². The third kappa shape index (κ3) is 4.15. The Morgan fingerprint density at radius 3 is 2.86 bits per heavy atom. The van der Waals surface area contributed by atoms with Crippen LogP contribution in [0.5, 0.6) is 0 Å². The van der Waals surface area contributed by atoms with Gasteiger partial charge in [-0.15, -0.1) is 5.10 Å². The van der Waals surface area contributed by atoms with E-state index in [4.69, 9.17) is 11.6 Å². The van der Waals surface area contributed by atoms with E-state index in [1.807, 2.05) is 22.9 Å². The zero-order valence-corrected chi connectivity index (χ0v) is 20.2. The Hall–Kier alpha value is -3.66. The molecule has 8 nitrogen and oxygen atoms in total. The van der Waals surface area contributed by atoms with Crippen molar-refractivity contribution in [2.24, 2.45) is 0 Å². The number of halogens is 3. The Balaban J connectivity index is 1.17. The average Bonchev–Trinajstić information content (AvgIpc) is 3.26. The number of alkyl halides is 1. The van der Waals surface area contributed by atoms with Crippen LogP contribution in [0.15, 0.2) is 43.2 Å². The van der Waals surface area contributed by atoms with Gasteiger partial charge in [-0.3, -0.25) is 4.79 Å². The predicted octanol–water partition coefficient (Wildman–Crippen LogP) is 5.14. The van der Waals surface area contributed by atoms with Gasteiger partial charge in [0.1, 0.15) is 23.0 Å². The van der Waals surface area contributed by atoms with E-state index in [1.165, 1.54) is 28.4 Å². The van der Waals surface area contributed by atoms with Crippen LogP contribution in [0.3, 0.4) is 0 Å². The van der Waals surface area contributed by atoms with Crippen molar-refractivity contribution in [1.29, 1.82) is 0 Å². The first-order valence-corrected chi connectivity index (χ1v) is 12.1. The van der Waals surface area contributed by atoms with E-state index in [2.05, 4.69) is 20.3 Å². The number of aromatic nitrogens is 7. The van der Waals surface area contributed by atoms with Crippen LogP contribution in [-0.2, 0) is 13.0 Å². The molecule has 184 valence electrons. The summed E-state index contributed by atoms with van der Waals surface area (Å²) in [5.74, 6) is -0.301. The van der Waals surface area contributed by atoms with Crippen molar-refractivity contribution in [3.8, 4) is 0 Å². The maximum Gasteiger partial charge on any atom is 0.185 e. The van der Waals surface area contributed by atoms with Crippen molar-refractivity contribution in [2.75, 3.05) is 0 Å². The molecule has 0 spiro atoms. The number of aryl methyl sites for hydroxylation is 1. The average molecular weight is 510 g/mol. The molecule has 5 aromatic rings. The summed E-state index contributed by atoms with van der Waals surface area (Å²) in [7, 11) is 0. The number of nitrogens with zero attached hydrogens (tertiary/aromatic N) is 7. The first-order valence-electron chi connectivity index (χ1n) is 11.8. The number of Topliss-reactive ketones (excluding diaryl/α,β-unsaturated/α-hetero) is 1. The lowest BCUT2D eigenvalue weighted by molar-refractivity contribution is 0.0977.